The van der Waals surface area contributed by atoms with Crippen LogP contribution in [0.3, 0.4) is 0 Å². The summed E-state index contributed by atoms with van der Waals surface area (Å²) in [6.45, 7) is 1.75. The van der Waals surface area contributed by atoms with Crippen molar-refractivity contribution in [2.24, 2.45) is 12.8 Å². The Morgan fingerprint density at radius 2 is 2.07 bits per heavy atom. The number of nitrogens with two attached hydrogens (primary N) is 1. The normalized spacial score (nSPS) is 10.8. The topological polar surface area (TPSA) is 103 Å². The highest BCUT2D eigenvalue weighted by atomic mass is 35.5. The molecule has 3 aromatic rings. The van der Waals surface area contributed by atoms with Gasteiger partial charge in [0.15, 0.2) is 5.69 Å². The van der Waals surface area contributed by atoms with Gasteiger partial charge in [-0.05, 0) is 30.7 Å². The average Bonchev–Trinajstić information content (AvgIpc) is 3.09. The van der Waals surface area contributed by atoms with Gasteiger partial charge in [-0.3, -0.25) is 14.3 Å². The van der Waals surface area contributed by atoms with Gasteiger partial charge in [0.2, 0.25) is 0 Å². The van der Waals surface area contributed by atoms with Crippen molar-refractivity contribution in [2.75, 3.05) is 5.32 Å². The van der Waals surface area contributed by atoms with Crippen molar-refractivity contribution in [1.29, 1.82) is 0 Å². The monoisotopic (exact) mass is 407 g/mol. The molecule has 0 saturated heterocycles. The van der Waals surface area contributed by atoms with Crippen LogP contribution in [0.25, 0.3) is 0 Å². The van der Waals surface area contributed by atoms with Gasteiger partial charge in [0.25, 0.3) is 11.8 Å². The van der Waals surface area contributed by atoms with Gasteiger partial charge in [-0.15, -0.1) is 11.3 Å². The highest BCUT2D eigenvalue weighted by Crippen LogP contribution is 2.27. The van der Waals surface area contributed by atoms with Gasteiger partial charge < -0.3 is 11.1 Å². The first-order valence-electron chi connectivity index (χ1n) is 7.79. The lowest BCUT2D eigenvalue weighted by Crippen LogP contribution is -2.15. The van der Waals surface area contributed by atoms with Crippen LogP contribution in [0.15, 0.2) is 24.3 Å². The van der Waals surface area contributed by atoms with E-state index >= 15 is 0 Å². The third kappa shape index (κ3) is 4.32. The highest BCUT2D eigenvalue weighted by Gasteiger charge is 2.18. The molecule has 3 rings (SSSR count). The zero-order chi connectivity index (χ0) is 19.7. The summed E-state index contributed by atoms with van der Waals surface area (Å²) < 4.78 is 14.7. The number of benzene rings is 1. The number of nitrogens with zero attached hydrogens (tertiary/aromatic N) is 3. The molecule has 27 heavy (non-hydrogen) atoms. The highest BCUT2D eigenvalue weighted by molar-refractivity contribution is 7.16. The molecule has 0 aliphatic heterocycles. The number of carbonyl (C=O) groups excluding carboxylic acids is 2. The molecule has 3 N–H and O–H groups in total. The SMILES string of the molecule is Cc1nc(Cc2cc(F)cc(Cl)c2)sc1NC(=O)c1cc(C(N)=O)n(C)n1. The van der Waals surface area contributed by atoms with Crippen molar-refractivity contribution in [1.82, 2.24) is 14.8 Å². The third-order valence-corrected chi connectivity index (χ3v) is 5.00. The number of rotatable bonds is 5. The summed E-state index contributed by atoms with van der Waals surface area (Å²) in [5, 5.41) is 8.26. The van der Waals surface area contributed by atoms with Crippen molar-refractivity contribution in [3.8, 4) is 0 Å². The minimum Gasteiger partial charge on any atom is -0.364 e. The quantitative estimate of drug-likeness (QED) is 0.678. The van der Waals surface area contributed by atoms with E-state index in [0.29, 0.717) is 32.7 Å². The minimum atomic E-state index is -0.672. The lowest BCUT2D eigenvalue weighted by atomic mass is 10.1. The van der Waals surface area contributed by atoms with E-state index in [0.717, 1.165) is 0 Å². The smallest absolute Gasteiger partial charge is 0.276 e. The van der Waals surface area contributed by atoms with E-state index in [9.17, 15) is 14.0 Å². The molecule has 140 valence electrons. The first-order chi connectivity index (χ1) is 12.7. The molecule has 0 radical (unpaired) electrons. The molecule has 2 amide bonds. The van der Waals surface area contributed by atoms with Crippen LogP contribution in [0.1, 0.15) is 37.2 Å². The number of aromatic nitrogens is 3. The summed E-state index contributed by atoms with van der Waals surface area (Å²) >= 11 is 7.14. The molecule has 2 aromatic heterocycles. The van der Waals surface area contributed by atoms with Crippen LogP contribution in [0, 0.1) is 12.7 Å². The zero-order valence-electron chi connectivity index (χ0n) is 14.4. The van der Waals surface area contributed by atoms with Crippen molar-refractivity contribution in [2.45, 2.75) is 13.3 Å². The number of primary amides is 1. The van der Waals surface area contributed by atoms with Crippen LogP contribution < -0.4 is 11.1 Å². The molecular weight excluding hydrogens is 393 g/mol. The molecule has 0 saturated carbocycles. The van der Waals surface area contributed by atoms with E-state index in [2.05, 4.69) is 15.4 Å². The van der Waals surface area contributed by atoms with Crippen LogP contribution >= 0.6 is 22.9 Å². The lowest BCUT2D eigenvalue weighted by molar-refractivity contribution is 0.0989. The van der Waals surface area contributed by atoms with Crippen LogP contribution in [-0.4, -0.2) is 26.6 Å². The number of nitrogens with one attached hydrogen (secondary N) is 1. The van der Waals surface area contributed by atoms with Gasteiger partial charge in [0.1, 0.15) is 16.5 Å². The predicted molar refractivity (Wildman–Crippen MR) is 101 cm³/mol. The fourth-order valence-corrected chi connectivity index (χ4v) is 3.75. The van der Waals surface area contributed by atoms with Gasteiger partial charge in [0, 0.05) is 24.6 Å². The Labute approximate surface area is 163 Å². The van der Waals surface area contributed by atoms with Crippen molar-refractivity contribution in [3.63, 3.8) is 0 Å². The maximum Gasteiger partial charge on any atom is 0.276 e. The Morgan fingerprint density at radius 1 is 1.33 bits per heavy atom. The lowest BCUT2D eigenvalue weighted by Gasteiger charge is -2.00. The number of halogens is 2. The second-order valence-corrected chi connectivity index (χ2v) is 7.35. The maximum absolute atomic E-state index is 13.5. The van der Waals surface area contributed by atoms with E-state index < -0.39 is 17.6 Å². The van der Waals surface area contributed by atoms with Gasteiger partial charge >= 0.3 is 0 Å². The van der Waals surface area contributed by atoms with Crippen molar-refractivity contribution >= 4 is 39.8 Å². The molecule has 0 aliphatic rings. The van der Waals surface area contributed by atoms with E-state index in [1.54, 1.807) is 13.0 Å². The number of anilines is 1. The molecule has 7 nitrogen and oxygen atoms in total. The van der Waals surface area contributed by atoms with Crippen molar-refractivity contribution in [3.05, 3.63) is 62.8 Å². The fourth-order valence-electron chi connectivity index (χ4n) is 2.51. The maximum atomic E-state index is 13.5. The Balaban J connectivity index is 1.77. The standard InChI is InChI=1S/C17H15ClFN5O2S/c1-8-17(22-16(26)12-7-13(15(20)25)24(2)23-12)27-14(21-8)5-9-3-10(18)6-11(19)4-9/h3-4,6-7H,5H2,1-2H3,(H2,20,25)(H,22,26). The Hall–Kier alpha value is -2.78. The largest absolute Gasteiger partial charge is 0.364 e. The first-order valence-corrected chi connectivity index (χ1v) is 8.99. The molecular formula is C17H15ClFN5O2S. The molecule has 0 bridgehead atoms. The summed E-state index contributed by atoms with van der Waals surface area (Å²) in [4.78, 5) is 28.1. The number of aryl methyl sites for hydroxylation is 2. The number of amides is 2. The Bertz CT molecular complexity index is 1030. The van der Waals surface area contributed by atoms with Gasteiger partial charge in [0.05, 0.1) is 10.7 Å². The predicted octanol–water partition coefficient (Wildman–Crippen LogP) is 2.92. The second-order valence-electron chi connectivity index (χ2n) is 5.83. The molecule has 10 heteroatoms. The second kappa shape index (κ2) is 7.45. The zero-order valence-corrected chi connectivity index (χ0v) is 16.0. The summed E-state index contributed by atoms with van der Waals surface area (Å²) in [5.41, 5.74) is 6.73. The van der Waals surface area contributed by atoms with E-state index in [-0.39, 0.29) is 11.4 Å². The number of carbonyl (C=O) groups is 2. The minimum absolute atomic E-state index is 0.0672. The molecule has 1 aromatic carbocycles. The molecule has 0 atom stereocenters. The Kier molecular flexibility index (Phi) is 5.24. The Morgan fingerprint density at radius 3 is 2.70 bits per heavy atom. The first kappa shape index (κ1) is 19.0. The fraction of sp³-hybridized carbons (Fsp3) is 0.176. The van der Waals surface area contributed by atoms with Crippen LogP contribution in [0.5, 0.6) is 0 Å². The van der Waals surface area contributed by atoms with Gasteiger partial charge in [-0.25, -0.2) is 9.37 Å². The molecule has 2 heterocycles. The number of hydrogen-bond acceptors (Lipinski definition) is 5. The number of thiazole rings is 1. The van der Waals surface area contributed by atoms with Crippen LogP contribution in [0.4, 0.5) is 9.39 Å². The van der Waals surface area contributed by atoms with Crippen molar-refractivity contribution < 1.29 is 14.0 Å². The average molecular weight is 408 g/mol. The van der Waals surface area contributed by atoms with Gasteiger partial charge in [-0.1, -0.05) is 11.6 Å². The third-order valence-electron chi connectivity index (χ3n) is 3.71. The van der Waals surface area contributed by atoms with E-state index in [1.165, 1.54) is 41.3 Å². The summed E-state index contributed by atoms with van der Waals surface area (Å²) in [6, 6.07) is 5.61. The number of hydrogen-bond donors (Lipinski definition) is 2. The molecule has 0 aliphatic carbocycles. The van der Waals surface area contributed by atoms with Crippen LogP contribution in [-0.2, 0) is 13.5 Å². The van der Waals surface area contributed by atoms with Gasteiger partial charge in [-0.2, -0.15) is 5.10 Å². The molecule has 0 spiro atoms. The molecule has 0 fully saturated rings. The molecule has 0 unspecified atom stereocenters. The summed E-state index contributed by atoms with van der Waals surface area (Å²) in [6.07, 6.45) is 0.383. The van der Waals surface area contributed by atoms with E-state index in [4.69, 9.17) is 17.3 Å². The summed E-state index contributed by atoms with van der Waals surface area (Å²) in [7, 11) is 1.52. The van der Waals surface area contributed by atoms with E-state index in [1.807, 2.05) is 0 Å². The van der Waals surface area contributed by atoms with Crippen LogP contribution in [0.2, 0.25) is 5.02 Å². The summed E-state index contributed by atoms with van der Waals surface area (Å²) in [5.74, 6) is -1.57.